The maximum absolute atomic E-state index is 11.4. The van der Waals surface area contributed by atoms with Gasteiger partial charge in [0, 0.05) is 24.4 Å². The number of benzene rings is 1. The first kappa shape index (κ1) is 15.2. The Balaban J connectivity index is 2.96. The molecule has 104 valence electrons. The molecule has 1 aromatic carbocycles. The van der Waals surface area contributed by atoms with Crippen molar-refractivity contribution in [3.63, 3.8) is 0 Å². The second-order valence-electron chi connectivity index (χ2n) is 5.33. The molecule has 4 heteroatoms. The number of amides is 1. The highest BCUT2D eigenvalue weighted by atomic mass is 16.5. The Bertz CT molecular complexity index is 492. The van der Waals surface area contributed by atoms with Gasteiger partial charge in [-0.05, 0) is 13.0 Å². The number of hydrogen-bond donors (Lipinski definition) is 1. The molecule has 0 aliphatic rings. The highest BCUT2D eigenvalue weighted by Crippen LogP contribution is 2.31. The highest BCUT2D eigenvalue weighted by Gasteiger charge is 2.25. The number of carbonyl (C=O) groups excluding carboxylic acids is 2. The molecule has 0 aliphatic heterocycles. The van der Waals surface area contributed by atoms with E-state index in [-0.39, 0.29) is 5.41 Å². The normalized spacial score (nSPS) is 11.0. The average molecular weight is 263 g/mol. The van der Waals surface area contributed by atoms with Crippen LogP contribution >= 0.6 is 0 Å². The Hall–Kier alpha value is -1.84. The summed E-state index contributed by atoms with van der Waals surface area (Å²) in [7, 11) is 1.62. The third-order valence-corrected chi connectivity index (χ3v) is 3.09. The molecule has 0 spiro atoms. The lowest BCUT2D eigenvalue weighted by Crippen LogP contribution is -2.39. The van der Waals surface area contributed by atoms with Gasteiger partial charge in [0.1, 0.15) is 5.75 Å². The van der Waals surface area contributed by atoms with E-state index in [2.05, 4.69) is 5.32 Å². The predicted octanol–water partition coefficient (Wildman–Crippen LogP) is 1.99. The summed E-state index contributed by atoms with van der Waals surface area (Å²) in [5.41, 5.74) is 1.82. The van der Waals surface area contributed by atoms with Crippen molar-refractivity contribution < 1.29 is 14.3 Å². The Labute approximate surface area is 114 Å². The van der Waals surface area contributed by atoms with Crippen LogP contribution in [-0.2, 0) is 15.0 Å². The van der Waals surface area contributed by atoms with E-state index in [1.54, 1.807) is 7.11 Å². The van der Waals surface area contributed by atoms with Crippen molar-refractivity contribution in [1.82, 2.24) is 5.32 Å². The number of rotatable bonds is 5. The summed E-state index contributed by atoms with van der Waals surface area (Å²) in [6.45, 7) is 7.66. The summed E-state index contributed by atoms with van der Waals surface area (Å²) in [6.07, 6.45) is 0. The molecule has 1 aromatic rings. The van der Waals surface area contributed by atoms with Crippen LogP contribution in [0.15, 0.2) is 18.2 Å². The van der Waals surface area contributed by atoms with E-state index >= 15 is 0 Å². The standard InChI is InChI=1S/C15H21NO3/c1-10-6-7-13(19-5)12(8-10)15(3,4)9-16-14(18)11(2)17/h6-8H,9H2,1-5H3,(H,16,18). The highest BCUT2D eigenvalue weighted by molar-refractivity contribution is 6.35. The monoisotopic (exact) mass is 263 g/mol. The molecule has 0 saturated heterocycles. The summed E-state index contributed by atoms with van der Waals surface area (Å²) >= 11 is 0. The maximum atomic E-state index is 11.4. The lowest BCUT2D eigenvalue weighted by Gasteiger charge is -2.27. The van der Waals surface area contributed by atoms with E-state index in [1.807, 2.05) is 39.0 Å². The van der Waals surface area contributed by atoms with E-state index in [4.69, 9.17) is 4.74 Å². The first-order chi connectivity index (χ1) is 8.77. The van der Waals surface area contributed by atoms with Crippen LogP contribution in [0.25, 0.3) is 0 Å². The molecule has 0 atom stereocenters. The van der Waals surface area contributed by atoms with Gasteiger partial charge in [0.25, 0.3) is 5.91 Å². The van der Waals surface area contributed by atoms with E-state index in [9.17, 15) is 9.59 Å². The minimum Gasteiger partial charge on any atom is -0.496 e. The van der Waals surface area contributed by atoms with Crippen LogP contribution in [0.3, 0.4) is 0 Å². The second-order valence-corrected chi connectivity index (χ2v) is 5.33. The fraction of sp³-hybridized carbons (Fsp3) is 0.467. The first-order valence-electron chi connectivity index (χ1n) is 6.22. The van der Waals surface area contributed by atoms with Crippen molar-refractivity contribution in [3.8, 4) is 5.75 Å². The molecule has 1 N–H and O–H groups in total. The van der Waals surface area contributed by atoms with Gasteiger partial charge in [-0.2, -0.15) is 0 Å². The fourth-order valence-corrected chi connectivity index (χ4v) is 1.87. The number of aryl methyl sites for hydroxylation is 1. The van der Waals surface area contributed by atoms with Crippen molar-refractivity contribution in [1.29, 1.82) is 0 Å². The number of methoxy groups -OCH3 is 1. The molecule has 0 saturated carbocycles. The average Bonchev–Trinajstić information content (AvgIpc) is 2.35. The van der Waals surface area contributed by atoms with Crippen LogP contribution in [0, 0.1) is 6.92 Å². The number of ketones is 1. The summed E-state index contributed by atoms with van der Waals surface area (Å²) in [5.74, 6) is -0.251. The van der Waals surface area contributed by atoms with E-state index in [1.165, 1.54) is 6.92 Å². The number of Topliss-reactive ketones (excluding diaryl/α,β-unsaturated/α-hetero) is 1. The quantitative estimate of drug-likeness (QED) is 0.826. The van der Waals surface area contributed by atoms with Gasteiger partial charge in [-0.3, -0.25) is 9.59 Å². The third kappa shape index (κ3) is 3.81. The van der Waals surface area contributed by atoms with Gasteiger partial charge in [-0.15, -0.1) is 0 Å². The Morgan fingerprint density at radius 3 is 2.47 bits per heavy atom. The molecule has 0 fully saturated rings. The van der Waals surface area contributed by atoms with Crippen LogP contribution in [0.4, 0.5) is 0 Å². The molecular formula is C15H21NO3. The van der Waals surface area contributed by atoms with Gasteiger partial charge in [-0.25, -0.2) is 0 Å². The van der Waals surface area contributed by atoms with Crippen LogP contribution in [0.5, 0.6) is 5.75 Å². The van der Waals surface area contributed by atoms with Crippen molar-refractivity contribution in [2.45, 2.75) is 33.1 Å². The van der Waals surface area contributed by atoms with Crippen LogP contribution in [0.1, 0.15) is 31.9 Å². The van der Waals surface area contributed by atoms with E-state index in [0.29, 0.717) is 6.54 Å². The Morgan fingerprint density at radius 2 is 1.95 bits per heavy atom. The zero-order valence-electron chi connectivity index (χ0n) is 12.2. The zero-order valence-corrected chi connectivity index (χ0v) is 12.2. The van der Waals surface area contributed by atoms with E-state index in [0.717, 1.165) is 16.9 Å². The van der Waals surface area contributed by atoms with Gasteiger partial charge in [0.15, 0.2) is 0 Å². The minimum absolute atomic E-state index is 0.317. The fourth-order valence-electron chi connectivity index (χ4n) is 1.87. The van der Waals surface area contributed by atoms with Crippen LogP contribution in [-0.4, -0.2) is 25.3 Å². The first-order valence-corrected chi connectivity index (χ1v) is 6.22. The SMILES string of the molecule is COc1ccc(C)cc1C(C)(C)CNC(=O)C(C)=O. The van der Waals surface area contributed by atoms with Gasteiger partial charge < -0.3 is 10.1 Å². The topological polar surface area (TPSA) is 55.4 Å². The summed E-state index contributed by atoms with van der Waals surface area (Å²) in [4.78, 5) is 22.3. The van der Waals surface area contributed by atoms with Gasteiger partial charge in [0.2, 0.25) is 5.78 Å². The molecular weight excluding hydrogens is 242 g/mol. The largest absolute Gasteiger partial charge is 0.496 e. The van der Waals surface area contributed by atoms with Gasteiger partial charge in [0.05, 0.1) is 7.11 Å². The van der Waals surface area contributed by atoms with Crippen molar-refractivity contribution in [2.75, 3.05) is 13.7 Å². The van der Waals surface area contributed by atoms with Crippen molar-refractivity contribution >= 4 is 11.7 Å². The molecule has 0 unspecified atom stereocenters. The number of hydrogen-bond acceptors (Lipinski definition) is 3. The number of carbonyl (C=O) groups is 2. The molecule has 4 nitrogen and oxygen atoms in total. The lowest BCUT2D eigenvalue weighted by molar-refractivity contribution is -0.136. The zero-order chi connectivity index (χ0) is 14.6. The molecule has 19 heavy (non-hydrogen) atoms. The van der Waals surface area contributed by atoms with Crippen LogP contribution < -0.4 is 10.1 Å². The molecule has 0 aliphatic carbocycles. The summed E-state index contributed by atoms with van der Waals surface area (Å²) in [6, 6.07) is 5.94. The number of ether oxygens (including phenoxy) is 1. The summed E-state index contributed by atoms with van der Waals surface area (Å²) in [5, 5.41) is 2.65. The predicted molar refractivity (Wildman–Crippen MR) is 74.4 cm³/mol. The minimum atomic E-state index is -0.556. The smallest absolute Gasteiger partial charge is 0.287 e. The molecule has 0 bridgehead atoms. The Morgan fingerprint density at radius 1 is 1.32 bits per heavy atom. The lowest BCUT2D eigenvalue weighted by atomic mass is 9.83. The molecule has 0 aromatic heterocycles. The molecule has 1 amide bonds. The Kier molecular flexibility index (Phi) is 4.70. The molecule has 0 heterocycles. The third-order valence-electron chi connectivity index (χ3n) is 3.09. The number of nitrogens with one attached hydrogen (secondary N) is 1. The summed E-state index contributed by atoms with van der Waals surface area (Å²) < 4.78 is 5.36. The van der Waals surface area contributed by atoms with Crippen LogP contribution in [0.2, 0.25) is 0 Å². The molecule has 1 rings (SSSR count). The van der Waals surface area contributed by atoms with Crippen molar-refractivity contribution in [2.24, 2.45) is 0 Å². The van der Waals surface area contributed by atoms with Gasteiger partial charge >= 0.3 is 0 Å². The van der Waals surface area contributed by atoms with Crippen molar-refractivity contribution in [3.05, 3.63) is 29.3 Å². The maximum Gasteiger partial charge on any atom is 0.287 e. The molecule has 0 radical (unpaired) electrons. The van der Waals surface area contributed by atoms with E-state index < -0.39 is 11.7 Å². The second kappa shape index (κ2) is 5.87. The van der Waals surface area contributed by atoms with Gasteiger partial charge in [-0.1, -0.05) is 31.5 Å².